The Balaban J connectivity index is 1.32. The second-order valence-electron chi connectivity index (χ2n) is 8.97. The number of hydrogen-bond acceptors (Lipinski definition) is 9. The molecule has 12 nitrogen and oxygen atoms in total. The predicted molar refractivity (Wildman–Crippen MR) is 145 cm³/mol. The van der Waals surface area contributed by atoms with Crippen LogP contribution in [0.3, 0.4) is 0 Å². The van der Waals surface area contributed by atoms with E-state index in [9.17, 15) is 19.5 Å². The smallest absolute Gasteiger partial charge is 0.351 e. The molecule has 2 amide bonds. The molecule has 0 aliphatic carbocycles. The van der Waals surface area contributed by atoms with Crippen molar-refractivity contribution in [2.24, 2.45) is 0 Å². The van der Waals surface area contributed by atoms with Gasteiger partial charge in [0.2, 0.25) is 0 Å². The summed E-state index contributed by atoms with van der Waals surface area (Å²) < 4.78 is 25.6. The third kappa shape index (κ3) is 6.29. The van der Waals surface area contributed by atoms with Crippen LogP contribution >= 0.6 is 11.3 Å². The van der Waals surface area contributed by atoms with Crippen LogP contribution in [0.2, 0.25) is 0 Å². The van der Waals surface area contributed by atoms with Crippen molar-refractivity contribution in [2.75, 3.05) is 18.5 Å². The number of aromatic carboxylic acids is 1. The van der Waals surface area contributed by atoms with Crippen molar-refractivity contribution in [1.82, 2.24) is 14.9 Å². The molecule has 2 aromatic heterocycles. The molecule has 2 aliphatic heterocycles. The number of ether oxygens (including phenoxy) is 4. The fourth-order valence-electron chi connectivity index (χ4n) is 4.47. The fraction of sp³-hybridized carbons (Fsp3) is 0.333. The van der Waals surface area contributed by atoms with E-state index in [1.54, 1.807) is 18.4 Å². The number of amides is 2. The first-order chi connectivity index (χ1) is 19.4. The number of aromatic nitrogens is 2. The molecule has 3 N–H and O–H groups in total. The Labute approximate surface area is 233 Å². The Hall–Kier alpha value is -3.88. The molecule has 5 atom stereocenters. The van der Waals surface area contributed by atoms with Crippen molar-refractivity contribution in [2.45, 2.75) is 44.4 Å². The molecule has 4 heterocycles. The highest BCUT2D eigenvalue weighted by Gasteiger charge is 2.53. The largest absolute Gasteiger partial charge is 0.478 e. The number of nitrogens with one attached hydrogen (secondary N) is 2. The zero-order chi connectivity index (χ0) is 28.1. The van der Waals surface area contributed by atoms with Crippen molar-refractivity contribution in [3.05, 3.63) is 86.6 Å². The zero-order valence-corrected chi connectivity index (χ0v) is 22.3. The molecule has 2 fully saturated rings. The fourth-order valence-corrected chi connectivity index (χ4v) is 5.27. The highest BCUT2D eigenvalue weighted by Crippen LogP contribution is 2.39. The molecule has 40 heavy (non-hydrogen) atoms. The van der Waals surface area contributed by atoms with Crippen LogP contribution in [0.25, 0.3) is 6.08 Å². The van der Waals surface area contributed by atoms with Gasteiger partial charge in [0, 0.05) is 17.6 Å². The van der Waals surface area contributed by atoms with Gasteiger partial charge >= 0.3 is 17.7 Å². The lowest BCUT2D eigenvalue weighted by Gasteiger charge is -2.20. The van der Waals surface area contributed by atoms with Gasteiger partial charge < -0.3 is 29.4 Å². The molecule has 0 radical (unpaired) electrons. The van der Waals surface area contributed by atoms with Crippen molar-refractivity contribution < 1.29 is 33.6 Å². The number of urea groups is 1. The minimum Gasteiger partial charge on any atom is -0.478 e. The van der Waals surface area contributed by atoms with E-state index in [1.807, 2.05) is 36.4 Å². The molecule has 1 aromatic carbocycles. The van der Waals surface area contributed by atoms with E-state index in [-0.39, 0.29) is 24.6 Å². The molecule has 5 rings (SSSR count). The number of fused-ring (bicyclic) bond motifs is 1. The number of carbonyl (C=O) groups is 2. The Morgan fingerprint density at radius 2 is 1.95 bits per heavy atom. The number of carboxylic acid groups (broad SMARTS) is 1. The van der Waals surface area contributed by atoms with E-state index in [4.69, 9.17) is 18.9 Å². The minimum absolute atomic E-state index is 0.0755. The summed E-state index contributed by atoms with van der Waals surface area (Å²) in [5, 5.41) is 16.1. The first-order valence-electron chi connectivity index (χ1n) is 12.6. The normalized spacial score (nSPS) is 23.8. The summed E-state index contributed by atoms with van der Waals surface area (Å²) in [6, 6.07) is 12.2. The van der Waals surface area contributed by atoms with E-state index in [2.05, 4.69) is 15.6 Å². The number of benzene rings is 1. The number of thiophene rings is 1. The Morgan fingerprint density at radius 1 is 1.15 bits per heavy atom. The standard InChI is InChI=1S/C27H28N4O8S/c1-2-28-26(34)29-20-10-12-31(27(35)30-20)24-23-22(38-21(39-23)9-8-16-6-4-3-5-7-16)18(37-24)14-36-15-19-17(25(32)33)11-13-40-19/h3-13,18,21-24H,2,14-15H2,1H3,(H,32,33)(H2,28,29,30,34,35)/t18-,21+,22?,23+,24-/m1/s1. The van der Waals surface area contributed by atoms with E-state index < -0.39 is 48.5 Å². The van der Waals surface area contributed by atoms with Crippen LogP contribution in [-0.4, -0.2) is 64.4 Å². The summed E-state index contributed by atoms with van der Waals surface area (Å²) in [7, 11) is 0. The second-order valence-corrected chi connectivity index (χ2v) is 9.97. The highest BCUT2D eigenvalue weighted by molar-refractivity contribution is 7.10. The topological polar surface area (TPSA) is 150 Å². The van der Waals surface area contributed by atoms with Gasteiger partial charge in [-0.3, -0.25) is 9.88 Å². The summed E-state index contributed by atoms with van der Waals surface area (Å²) in [4.78, 5) is 40.7. The first-order valence-corrected chi connectivity index (χ1v) is 13.5. The highest BCUT2D eigenvalue weighted by atomic mass is 32.1. The number of carboxylic acids is 1. The van der Waals surface area contributed by atoms with Crippen molar-refractivity contribution in [3.8, 4) is 0 Å². The van der Waals surface area contributed by atoms with Crippen LogP contribution in [0.1, 0.15) is 34.0 Å². The summed E-state index contributed by atoms with van der Waals surface area (Å²) in [5.74, 6) is -0.922. The maximum Gasteiger partial charge on any atom is 0.351 e. The van der Waals surface area contributed by atoms with Gasteiger partial charge in [0.05, 0.1) is 18.8 Å². The number of carbonyl (C=O) groups excluding carboxylic acids is 1. The van der Waals surface area contributed by atoms with Gasteiger partial charge in [-0.15, -0.1) is 11.3 Å². The van der Waals surface area contributed by atoms with E-state index in [0.717, 1.165) is 5.56 Å². The lowest BCUT2D eigenvalue weighted by atomic mass is 10.1. The average molecular weight is 569 g/mol. The molecule has 210 valence electrons. The molecule has 2 saturated heterocycles. The zero-order valence-electron chi connectivity index (χ0n) is 21.5. The monoisotopic (exact) mass is 568 g/mol. The van der Waals surface area contributed by atoms with Gasteiger partial charge in [0.1, 0.15) is 24.1 Å². The van der Waals surface area contributed by atoms with Crippen LogP contribution in [-0.2, 0) is 25.6 Å². The van der Waals surface area contributed by atoms with Crippen LogP contribution < -0.4 is 16.3 Å². The molecule has 13 heteroatoms. The van der Waals surface area contributed by atoms with Crippen molar-refractivity contribution in [3.63, 3.8) is 0 Å². The van der Waals surface area contributed by atoms with E-state index in [0.29, 0.717) is 11.4 Å². The summed E-state index contributed by atoms with van der Waals surface area (Å²) in [6.45, 7) is 2.36. The molecule has 0 saturated carbocycles. The van der Waals surface area contributed by atoms with E-state index >= 15 is 0 Å². The maximum absolute atomic E-state index is 12.9. The van der Waals surface area contributed by atoms with Crippen molar-refractivity contribution in [1.29, 1.82) is 0 Å². The van der Waals surface area contributed by atoms with Gasteiger partial charge in [-0.25, -0.2) is 14.4 Å². The van der Waals surface area contributed by atoms with Crippen LogP contribution in [0.15, 0.2) is 64.9 Å². The minimum atomic E-state index is -1.02. The molecule has 3 aromatic rings. The van der Waals surface area contributed by atoms with Crippen LogP contribution in [0.4, 0.5) is 10.6 Å². The number of anilines is 1. The molecule has 1 unspecified atom stereocenters. The Kier molecular flexibility index (Phi) is 8.67. The summed E-state index contributed by atoms with van der Waals surface area (Å²) in [6.07, 6.45) is 1.74. The average Bonchev–Trinajstić information content (AvgIpc) is 3.65. The van der Waals surface area contributed by atoms with Gasteiger partial charge in [-0.1, -0.05) is 36.4 Å². The summed E-state index contributed by atoms with van der Waals surface area (Å²) in [5.41, 5.74) is 0.523. The third-order valence-electron chi connectivity index (χ3n) is 6.29. The third-order valence-corrected chi connectivity index (χ3v) is 7.18. The quantitative estimate of drug-likeness (QED) is 0.335. The van der Waals surface area contributed by atoms with Crippen LogP contribution in [0, 0.1) is 0 Å². The SMILES string of the molecule is CCNC(=O)Nc1ccn([C@@H]2O[C@H](COCc3sccc3C(=O)O)C3O[C@H](C=Cc4ccccc4)O[C@@H]32)c(=O)n1. The van der Waals surface area contributed by atoms with Gasteiger partial charge in [-0.2, -0.15) is 4.98 Å². The van der Waals surface area contributed by atoms with Gasteiger partial charge in [-0.05, 0) is 36.1 Å². The van der Waals surface area contributed by atoms with E-state index in [1.165, 1.54) is 34.2 Å². The number of hydrogen-bond donors (Lipinski definition) is 3. The Bertz CT molecular complexity index is 1430. The van der Waals surface area contributed by atoms with Gasteiger partial charge in [0.25, 0.3) is 0 Å². The predicted octanol–water partition coefficient (Wildman–Crippen LogP) is 3.08. The van der Waals surface area contributed by atoms with Gasteiger partial charge in [0.15, 0.2) is 12.5 Å². The summed E-state index contributed by atoms with van der Waals surface area (Å²) >= 11 is 1.29. The molecular formula is C27H28N4O8S. The number of nitrogens with zero attached hydrogens (tertiary/aromatic N) is 2. The molecule has 2 aliphatic rings. The lowest BCUT2D eigenvalue weighted by Crippen LogP contribution is -2.35. The first kappa shape index (κ1) is 27.7. The van der Waals surface area contributed by atoms with Crippen molar-refractivity contribution >= 4 is 35.2 Å². The lowest BCUT2D eigenvalue weighted by molar-refractivity contribution is -0.141. The molecule has 0 bridgehead atoms. The maximum atomic E-state index is 12.9. The molecular weight excluding hydrogens is 540 g/mol. The second kappa shape index (κ2) is 12.5. The molecule has 0 spiro atoms. The van der Waals surface area contributed by atoms with Crippen LogP contribution in [0.5, 0.6) is 0 Å². The number of rotatable bonds is 10. The Morgan fingerprint density at radius 3 is 2.70 bits per heavy atom.